The maximum absolute atomic E-state index is 12.0. The largest absolute Gasteiger partial charge is 0.497 e. The minimum Gasteiger partial charge on any atom is -0.497 e. The predicted molar refractivity (Wildman–Crippen MR) is 127 cm³/mol. The Morgan fingerprint density at radius 1 is 1.21 bits per heavy atom. The maximum atomic E-state index is 12.0. The van der Waals surface area contributed by atoms with Gasteiger partial charge in [0.05, 0.1) is 24.1 Å². The second kappa shape index (κ2) is 10.1. The first kappa shape index (κ1) is 22.8. The third-order valence-corrected chi connectivity index (χ3v) is 6.67. The molecule has 0 spiro atoms. The average Bonchev–Trinajstić information content (AvgIpc) is 3.52. The van der Waals surface area contributed by atoms with Gasteiger partial charge in [0.2, 0.25) is 5.91 Å². The van der Waals surface area contributed by atoms with Crippen molar-refractivity contribution in [1.82, 2.24) is 14.5 Å². The molecule has 2 N–H and O–H groups in total. The lowest BCUT2D eigenvalue weighted by Crippen LogP contribution is -2.26. The van der Waals surface area contributed by atoms with Crippen molar-refractivity contribution in [3.8, 4) is 22.9 Å². The Balaban J connectivity index is 1.47. The smallest absolute Gasteiger partial charge is 0.250 e. The minimum atomic E-state index is -0.458. The van der Waals surface area contributed by atoms with Gasteiger partial charge in [-0.2, -0.15) is 0 Å². The van der Waals surface area contributed by atoms with Crippen LogP contribution in [-0.4, -0.2) is 46.5 Å². The fourth-order valence-corrected chi connectivity index (χ4v) is 4.77. The molecule has 33 heavy (non-hydrogen) atoms. The van der Waals surface area contributed by atoms with E-state index in [0.717, 1.165) is 53.0 Å². The summed E-state index contributed by atoms with van der Waals surface area (Å²) in [6, 6.07) is 9.21. The molecular formula is C24H28N4O4S. The van der Waals surface area contributed by atoms with E-state index in [1.165, 1.54) is 11.3 Å². The predicted octanol–water partition coefficient (Wildman–Crippen LogP) is 3.62. The summed E-state index contributed by atoms with van der Waals surface area (Å²) in [6.45, 7) is 4.45. The Morgan fingerprint density at radius 3 is 2.64 bits per heavy atom. The van der Waals surface area contributed by atoms with E-state index in [4.69, 9.17) is 20.2 Å². The molecule has 1 fully saturated rings. The molecule has 1 aromatic carbocycles. The van der Waals surface area contributed by atoms with Gasteiger partial charge in [-0.05, 0) is 50.1 Å². The van der Waals surface area contributed by atoms with Crippen LogP contribution in [0, 0.1) is 6.92 Å². The van der Waals surface area contributed by atoms with Crippen LogP contribution in [0.2, 0.25) is 0 Å². The van der Waals surface area contributed by atoms with Crippen molar-refractivity contribution >= 4 is 23.2 Å². The zero-order chi connectivity index (χ0) is 23.4. The molecule has 3 aromatic rings. The number of carbonyl (C=O) groups is 2. The van der Waals surface area contributed by atoms with E-state index in [2.05, 4.69) is 4.57 Å². The Labute approximate surface area is 196 Å². The van der Waals surface area contributed by atoms with E-state index in [9.17, 15) is 9.59 Å². The number of ether oxygens (including phenoxy) is 2. The molecule has 2 amide bonds. The highest BCUT2D eigenvalue weighted by Gasteiger charge is 2.21. The van der Waals surface area contributed by atoms with E-state index < -0.39 is 5.91 Å². The Hall–Kier alpha value is -3.33. The zero-order valence-corrected chi connectivity index (χ0v) is 19.7. The van der Waals surface area contributed by atoms with Crippen LogP contribution in [0.4, 0.5) is 0 Å². The molecule has 1 saturated heterocycles. The normalized spacial score (nSPS) is 13.5. The SMILES string of the molecule is COc1ccc(OCc2nc(-c3cc(C(N)=O)c(C)n3CCCN3CCCC3=O)cs2)cc1. The Bertz CT molecular complexity index is 1140. The molecule has 4 rings (SSSR count). The summed E-state index contributed by atoms with van der Waals surface area (Å²) < 4.78 is 13.1. The van der Waals surface area contributed by atoms with Gasteiger partial charge in [0.15, 0.2) is 0 Å². The van der Waals surface area contributed by atoms with Gasteiger partial charge in [-0.15, -0.1) is 11.3 Å². The summed E-state index contributed by atoms with van der Waals surface area (Å²) in [6.07, 6.45) is 2.36. The van der Waals surface area contributed by atoms with Crippen LogP contribution in [0.1, 0.15) is 40.3 Å². The lowest BCUT2D eigenvalue weighted by atomic mass is 10.2. The first-order valence-electron chi connectivity index (χ1n) is 11.0. The van der Waals surface area contributed by atoms with Crippen molar-refractivity contribution in [2.24, 2.45) is 5.73 Å². The van der Waals surface area contributed by atoms with Crippen molar-refractivity contribution < 1.29 is 19.1 Å². The number of methoxy groups -OCH3 is 1. The number of aromatic nitrogens is 2. The standard InChI is InChI=1S/C24H28N4O4S/c1-16-19(24(25)30)13-21(28(16)12-4-11-27-10-3-5-23(27)29)20-15-33-22(26-20)14-32-18-8-6-17(31-2)7-9-18/h6-9,13,15H,3-5,10-12,14H2,1-2H3,(H2,25,30). The number of benzene rings is 1. The quantitative estimate of drug-likeness (QED) is 0.490. The van der Waals surface area contributed by atoms with Crippen LogP contribution >= 0.6 is 11.3 Å². The fraction of sp³-hybridized carbons (Fsp3) is 0.375. The average molecular weight is 469 g/mol. The van der Waals surface area contributed by atoms with E-state index in [-0.39, 0.29) is 5.91 Å². The highest BCUT2D eigenvalue weighted by Crippen LogP contribution is 2.28. The summed E-state index contributed by atoms with van der Waals surface area (Å²) in [5.74, 6) is 1.27. The second-order valence-electron chi connectivity index (χ2n) is 7.97. The van der Waals surface area contributed by atoms with Crippen molar-refractivity contribution in [2.45, 2.75) is 39.3 Å². The number of carbonyl (C=O) groups excluding carboxylic acids is 2. The zero-order valence-electron chi connectivity index (χ0n) is 18.9. The molecule has 0 aliphatic carbocycles. The van der Waals surface area contributed by atoms with Crippen molar-refractivity contribution in [2.75, 3.05) is 20.2 Å². The van der Waals surface area contributed by atoms with Gasteiger partial charge < -0.3 is 24.7 Å². The number of nitrogens with zero attached hydrogens (tertiary/aromatic N) is 3. The van der Waals surface area contributed by atoms with Crippen LogP contribution in [0.15, 0.2) is 35.7 Å². The topological polar surface area (TPSA) is 99.7 Å². The van der Waals surface area contributed by atoms with Gasteiger partial charge in [-0.25, -0.2) is 4.98 Å². The molecule has 1 aliphatic rings. The van der Waals surface area contributed by atoms with Gasteiger partial charge in [-0.1, -0.05) is 0 Å². The summed E-state index contributed by atoms with van der Waals surface area (Å²) in [5.41, 5.74) is 8.54. The first-order chi connectivity index (χ1) is 16.0. The summed E-state index contributed by atoms with van der Waals surface area (Å²) in [7, 11) is 1.63. The fourth-order valence-electron chi connectivity index (χ4n) is 4.07. The van der Waals surface area contributed by atoms with E-state index >= 15 is 0 Å². The second-order valence-corrected chi connectivity index (χ2v) is 8.92. The molecular weight excluding hydrogens is 440 g/mol. The van der Waals surface area contributed by atoms with Crippen LogP contribution in [0.3, 0.4) is 0 Å². The number of thiazole rings is 1. The monoisotopic (exact) mass is 468 g/mol. The van der Waals surface area contributed by atoms with Crippen molar-refractivity contribution in [1.29, 1.82) is 0 Å². The molecule has 0 radical (unpaired) electrons. The summed E-state index contributed by atoms with van der Waals surface area (Å²) >= 11 is 1.50. The van der Waals surface area contributed by atoms with Gasteiger partial charge in [0.1, 0.15) is 23.1 Å². The van der Waals surface area contributed by atoms with Crippen LogP contribution in [0.5, 0.6) is 11.5 Å². The molecule has 0 atom stereocenters. The number of nitrogens with two attached hydrogens (primary N) is 1. The van der Waals surface area contributed by atoms with Gasteiger partial charge >= 0.3 is 0 Å². The van der Waals surface area contributed by atoms with Crippen LogP contribution in [-0.2, 0) is 17.9 Å². The highest BCUT2D eigenvalue weighted by atomic mass is 32.1. The lowest BCUT2D eigenvalue weighted by molar-refractivity contribution is -0.127. The van der Waals surface area contributed by atoms with E-state index in [0.29, 0.717) is 31.7 Å². The number of primary amides is 1. The Kier molecular flexibility index (Phi) is 6.98. The first-order valence-corrected chi connectivity index (χ1v) is 11.8. The van der Waals surface area contributed by atoms with Gasteiger partial charge in [0.25, 0.3) is 5.91 Å². The molecule has 9 heteroatoms. The lowest BCUT2D eigenvalue weighted by Gasteiger charge is -2.17. The molecule has 0 saturated carbocycles. The molecule has 0 unspecified atom stereocenters. The number of likely N-dealkylation sites (tertiary alicyclic amines) is 1. The summed E-state index contributed by atoms with van der Waals surface area (Å²) in [4.78, 5) is 30.5. The molecule has 0 bridgehead atoms. The Morgan fingerprint density at radius 2 is 1.97 bits per heavy atom. The van der Waals surface area contributed by atoms with E-state index in [1.807, 2.05) is 47.5 Å². The maximum Gasteiger partial charge on any atom is 0.250 e. The molecule has 174 valence electrons. The highest BCUT2D eigenvalue weighted by molar-refractivity contribution is 7.09. The van der Waals surface area contributed by atoms with E-state index in [1.54, 1.807) is 7.11 Å². The van der Waals surface area contributed by atoms with Crippen molar-refractivity contribution in [3.63, 3.8) is 0 Å². The molecule has 2 aromatic heterocycles. The minimum absolute atomic E-state index is 0.221. The number of hydrogen-bond donors (Lipinski definition) is 1. The molecule has 1 aliphatic heterocycles. The third-order valence-electron chi connectivity index (χ3n) is 5.85. The molecule has 3 heterocycles. The molecule has 8 nitrogen and oxygen atoms in total. The number of hydrogen-bond acceptors (Lipinski definition) is 6. The number of amides is 2. The van der Waals surface area contributed by atoms with Gasteiger partial charge in [-0.3, -0.25) is 9.59 Å². The van der Waals surface area contributed by atoms with Crippen LogP contribution in [0.25, 0.3) is 11.4 Å². The van der Waals surface area contributed by atoms with Crippen LogP contribution < -0.4 is 15.2 Å². The van der Waals surface area contributed by atoms with Gasteiger partial charge in [0, 0.05) is 37.1 Å². The third kappa shape index (κ3) is 5.19. The number of rotatable bonds is 10. The summed E-state index contributed by atoms with van der Waals surface area (Å²) in [5, 5.41) is 2.79. The van der Waals surface area contributed by atoms with Crippen molar-refractivity contribution in [3.05, 3.63) is 52.0 Å².